The molecule has 0 amide bonds. The molecular formula is C24H25NO4S. The lowest BCUT2D eigenvalue weighted by atomic mass is 10.0. The monoisotopic (exact) mass is 423 g/mol. The molecule has 0 aliphatic heterocycles. The van der Waals surface area contributed by atoms with Gasteiger partial charge >= 0.3 is 5.97 Å². The van der Waals surface area contributed by atoms with E-state index >= 15 is 0 Å². The molecule has 2 N–H and O–H groups in total. The van der Waals surface area contributed by atoms with E-state index in [-0.39, 0.29) is 5.56 Å². The number of carbonyl (C=O) groups is 1. The fourth-order valence-corrected chi connectivity index (χ4v) is 5.32. The molecular weight excluding hydrogens is 398 g/mol. The van der Waals surface area contributed by atoms with Crippen molar-refractivity contribution in [2.45, 2.75) is 38.5 Å². The quantitative estimate of drug-likeness (QED) is 0.566. The molecule has 0 unspecified atom stereocenters. The van der Waals surface area contributed by atoms with Crippen LogP contribution in [0.5, 0.6) is 0 Å². The van der Waals surface area contributed by atoms with Crippen LogP contribution < -0.4 is 4.72 Å². The zero-order valence-electron chi connectivity index (χ0n) is 17.3. The van der Waals surface area contributed by atoms with Crippen molar-refractivity contribution in [2.24, 2.45) is 0 Å². The highest BCUT2D eigenvalue weighted by atomic mass is 32.2. The van der Waals surface area contributed by atoms with Crippen LogP contribution in [0.1, 0.15) is 38.2 Å². The summed E-state index contributed by atoms with van der Waals surface area (Å²) in [6.45, 7) is 5.55. The van der Waals surface area contributed by atoms with E-state index in [1.54, 1.807) is 44.2 Å². The third kappa shape index (κ3) is 4.89. The van der Waals surface area contributed by atoms with Gasteiger partial charge in [-0.25, -0.2) is 13.2 Å². The standard InChI is InChI=1S/C24H25NO4S/c1-16-13-17(2)23(18(3)14-16)30(28,29)25-22-10-5-4-8-20(22)12-11-19-7-6-9-21(15-19)24(26)27/h4-10,13-15,25H,11-12H2,1-3H3,(H,26,27). The molecule has 0 aliphatic rings. The van der Waals surface area contributed by atoms with Crippen molar-refractivity contribution in [1.29, 1.82) is 0 Å². The highest BCUT2D eigenvalue weighted by Crippen LogP contribution is 2.26. The van der Waals surface area contributed by atoms with Crippen LogP contribution in [0.15, 0.2) is 65.6 Å². The van der Waals surface area contributed by atoms with Crippen molar-refractivity contribution in [1.82, 2.24) is 0 Å². The first-order valence-electron chi connectivity index (χ1n) is 9.68. The van der Waals surface area contributed by atoms with Crippen LogP contribution in [-0.4, -0.2) is 19.5 Å². The second-order valence-electron chi connectivity index (χ2n) is 7.50. The van der Waals surface area contributed by atoms with Crippen molar-refractivity contribution in [3.05, 3.63) is 94.0 Å². The predicted octanol–water partition coefficient (Wildman–Crippen LogP) is 4.90. The second kappa shape index (κ2) is 8.71. The topological polar surface area (TPSA) is 83.5 Å². The Bertz CT molecular complexity index is 1180. The molecule has 0 saturated carbocycles. The van der Waals surface area contributed by atoms with Crippen molar-refractivity contribution < 1.29 is 18.3 Å². The molecule has 0 radical (unpaired) electrons. The first-order valence-corrected chi connectivity index (χ1v) is 11.2. The van der Waals surface area contributed by atoms with Crippen molar-refractivity contribution in [2.75, 3.05) is 4.72 Å². The normalized spacial score (nSPS) is 11.3. The van der Waals surface area contributed by atoms with Gasteiger partial charge in [0, 0.05) is 0 Å². The van der Waals surface area contributed by atoms with Crippen LogP contribution in [0, 0.1) is 20.8 Å². The Balaban J connectivity index is 1.85. The van der Waals surface area contributed by atoms with E-state index in [1.165, 1.54) is 0 Å². The zero-order chi connectivity index (χ0) is 21.9. The number of para-hydroxylation sites is 1. The number of benzene rings is 3. The lowest BCUT2D eigenvalue weighted by Gasteiger charge is -2.16. The van der Waals surface area contributed by atoms with Gasteiger partial charge in [-0.3, -0.25) is 4.72 Å². The van der Waals surface area contributed by atoms with Crippen molar-refractivity contribution in [3.8, 4) is 0 Å². The van der Waals surface area contributed by atoms with E-state index in [2.05, 4.69) is 4.72 Å². The third-order valence-electron chi connectivity index (χ3n) is 4.99. The Morgan fingerprint density at radius 3 is 2.23 bits per heavy atom. The van der Waals surface area contributed by atoms with Gasteiger partial charge in [0.25, 0.3) is 10.0 Å². The number of rotatable bonds is 7. The van der Waals surface area contributed by atoms with Gasteiger partial charge in [0.1, 0.15) is 0 Å². The molecule has 3 rings (SSSR count). The number of hydrogen-bond donors (Lipinski definition) is 2. The molecule has 3 aromatic rings. The Hall–Kier alpha value is -3.12. The van der Waals surface area contributed by atoms with Gasteiger partial charge in [-0.15, -0.1) is 0 Å². The summed E-state index contributed by atoms with van der Waals surface area (Å²) in [5.41, 5.74) is 4.96. The average Bonchev–Trinajstić information content (AvgIpc) is 2.66. The molecule has 156 valence electrons. The number of hydrogen-bond acceptors (Lipinski definition) is 3. The van der Waals surface area contributed by atoms with Gasteiger partial charge in [0.05, 0.1) is 16.1 Å². The largest absolute Gasteiger partial charge is 0.478 e. The number of aromatic carboxylic acids is 1. The molecule has 3 aromatic carbocycles. The number of anilines is 1. The van der Waals surface area contributed by atoms with Crippen LogP contribution in [0.25, 0.3) is 0 Å². The summed E-state index contributed by atoms with van der Waals surface area (Å²) >= 11 is 0. The maximum absolute atomic E-state index is 13.1. The molecule has 0 aliphatic carbocycles. The number of carboxylic acids is 1. The minimum Gasteiger partial charge on any atom is -0.478 e. The molecule has 0 aromatic heterocycles. The van der Waals surface area contributed by atoms with E-state index in [4.69, 9.17) is 5.11 Å². The van der Waals surface area contributed by atoms with Crippen LogP contribution in [0.2, 0.25) is 0 Å². The van der Waals surface area contributed by atoms with Gasteiger partial charge in [-0.1, -0.05) is 48.0 Å². The fraction of sp³-hybridized carbons (Fsp3) is 0.208. The summed E-state index contributed by atoms with van der Waals surface area (Å²) < 4.78 is 29.0. The molecule has 5 nitrogen and oxygen atoms in total. The molecule has 0 spiro atoms. The number of carboxylic acid groups (broad SMARTS) is 1. The Labute approximate surface area is 177 Å². The lowest BCUT2D eigenvalue weighted by molar-refractivity contribution is 0.0696. The van der Waals surface area contributed by atoms with E-state index in [0.29, 0.717) is 34.6 Å². The fourth-order valence-electron chi connectivity index (χ4n) is 3.76. The minimum absolute atomic E-state index is 0.242. The van der Waals surface area contributed by atoms with E-state index in [1.807, 2.05) is 37.3 Å². The minimum atomic E-state index is -3.74. The summed E-state index contributed by atoms with van der Waals surface area (Å²) in [6, 6.07) is 17.8. The first kappa shape index (κ1) is 21.6. The highest BCUT2D eigenvalue weighted by molar-refractivity contribution is 7.92. The van der Waals surface area contributed by atoms with E-state index in [0.717, 1.165) is 16.7 Å². The van der Waals surface area contributed by atoms with Gasteiger partial charge < -0.3 is 5.11 Å². The highest BCUT2D eigenvalue weighted by Gasteiger charge is 2.21. The Morgan fingerprint density at radius 2 is 1.57 bits per heavy atom. The molecule has 0 heterocycles. The lowest BCUT2D eigenvalue weighted by Crippen LogP contribution is -2.17. The Morgan fingerprint density at radius 1 is 0.900 bits per heavy atom. The summed E-state index contributed by atoms with van der Waals surface area (Å²) in [5, 5.41) is 9.16. The van der Waals surface area contributed by atoms with Gasteiger partial charge in [-0.2, -0.15) is 0 Å². The number of nitrogens with one attached hydrogen (secondary N) is 1. The van der Waals surface area contributed by atoms with Crippen LogP contribution in [0.3, 0.4) is 0 Å². The number of aryl methyl sites for hydroxylation is 5. The maximum Gasteiger partial charge on any atom is 0.335 e. The first-order chi connectivity index (χ1) is 14.2. The molecule has 0 bridgehead atoms. The van der Waals surface area contributed by atoms with E-state index in [9.17, 15) is 13.2 Å². The molecule has 30 heavy (non-hydrogen) atoms. The smallest absolute Gasteiger partial charge is 0.335 e. The van der Waals surface area contributed by atoms with Crippen molar-refractivity contribution in [3.63, 3.8) is 0 Å². The maximum atomic E-state index is 13.1. The van der Waals surface area contributed by atoms with Gasteiger partial charge in [0.15, 0.2) is 0 Å². The average molecular weight is 424 g/mol. The number of sulfonamides is 1. The third-order valence-corrected chi connectivity index (χ3v) is 6.66. The van der Waals surface area contributed by atoms with Crippen molar-refractivity contribution >= 4 is 21.7 Å². The predicted molar refractivity (Wildman–Crippen MR) is 119 cm³/mol. The van der Waals surface area contributed by atoms with Crippen LogP contribution in [0.4, 0.5) is 5.69 Å². The SMILES string of the molecule is Cc1cc(C)c(S(=O)(=O)Nc2ccccc2CCc2cccc(C(=O)O)c2)c(C)c1. The second-order valence-corrected chi connectivity index (χ2v) is 9.12. The summed E-state index contributed by atoms with van der Waals surface area (Å²) in [6.07, 6.45) is 1.18. The van der Waals surface area contributed by atoms with Crippen LogP contribution in [-0.2, 0) is 22.9 Å². The van der Waals surface area contributed by atoms with Gasteiger partial charge in [-0.05, 0) is 74.1 Å². The van der Waals surface area contributed by atoms with E-state index < -0.39 is 16.0 Å². The summed E-state index contributed by atoms with van der Waals surface area (Å²) in [5.74, 6) is -0.964. The van der Waals surface area contributed by atoms with Gasteiger partial charge in [0.2, 0.25) is 0 Å². The molecule has 0 saturated heterocycles. The molecule has 6 heteroatoms. The summed E-state index contributed by atoms with van der Waals surface area (Å²) in [4.78, 5) is 11.5. The zero-order valence-corrected chi connectivity index (χ0v) is 18.1. The molecule has 0 atom stereocenters. The summed E-state index contributed by atoms with van der Waals surface area (Å²) in [7, 11) is -3.74. The van der Waals surface area contributed by atoms with Crippen LogP contribution >= 0.6 is 0 Å². The molecule has 0 fully saturated rings. The Kier molecular flexibility index (Phi) is 6.27.